The van der Waals surface area contributed by atoms with Gasteiger partial charge in [0.25, 0.3) is 0 Å². The van der Waals surface area contributed by atoms with Gasteiger partial charge in [0.15, 0.2) is 11.3 Å². The highest BCUT2D eigenvalue weighted by molar-refractivity contribution is 6.28. The van der Waals surface area contributed by atoms with Gasteiger partial charge in [-0.3, -0.25) is 4.79 Å². The average Bonchev–Trinajstić information content (AvgIpc) is 2.34. The van der Waals surface area contributed by atoms with Crippen molar-refractivity contribution in [3.63, 3.8) is 0 Å². The lowest BCUT2D eigenvalue weighted by Gasteiger charge is -1.99. The highest BCUT2D eigenvalue weighted by Gasteiger charge is 2.17. The van der Waals surface area contributed by atoms with E-state index in [9.17, 15) is 4.79 Å². The van der Waals surface area contributed by atoms with E-state index in [-0.39, 0.29) is 23.4 Å². The highest BCUT2D eigenvalue weighted by atomic mass is 35.5. The molecule has 0 aromatic carbocycles. The van der Waals surface area contributed by atoms with Crippen LogP contribution in [0.5, 0.6) is 0 Å². The van der Waals surface area contributed by atoms with Gasteiger partial charge < -0.3 is 15.3 Å². The molecular weight excluding hydrogens is 205 g/mol. The summed E-state index contributed by atoms with van der Waals surface area (Å²) in [5.41, 5.74) is 5.20. The molecule has 0 aliphatic rings. The van der Waals surface area contributed by atoms with E-state index < -0.39 is 12.0 Å². The van der Waals surface area contributed by atoms with Crippen molar-refractivity contribution in [3.05, 3.63) is 23.1 Å². The molecule has 1 rings (SSSR count). The molecule has 1 aromatic rings. The van der Waals surface area contributed by atoms with Crippen molar-refractivity contribution in [2.45, 2.75) is 6.04 Å². The predicted molar refractivity (Wildman–Crippen MR) is 45.5 cm³/mol. The van der Waals surface area contributed by atoms with Crippen LogP contribution in [0, 0.1) is 0 Å². The molecule has 0 radical (unpaired) electrons. The Labute approximate surface area is 79.7 Å². The fraction of sp³-hybridized carbons (Fsp3) is 0.167. The van der Waals surface area contributed by atoms with Crippen LogP contribution in [0.25, 0.3) is 0 Å². The van der Waals surface area contributed by atoms with Crippen molar-refractivity contribution in [2.75, 3.05) is 0 Å². The first kappa shape index (κ1) is 11.3. The third-order valence-corrected chi connectivity index (χ3v) is 1.37. The minimum absolute atomic E-state index is 0. The van der Waals surface area contributed by atoms with Crippen LogP contribution in [-0.2, 0) is 4.79 Å². The van der Waals surface area contributed by atoms with Gasteiger partial charge in [0.1, 0.15) is 5.76 Å². The van der Waals surface area contributed by atoms with Crippen molar-refractivity contribution < 1.29 is 14.3 Å². The lowest BCUT2D eigenvalue weighted by molar-refractivity contribution is -0.139. The van der Waals surface area contributed by atoms with Crippen LogP contribution < -0.4 is 5.73 Å². The Hall–Kier alpha value is -0.710. The number of carboxylic acids is 1. The second-order valence-corrected chi connectivity index (χ2v) is 2.33. The highest BCUT2D eigenvalue weighted by Crippen LogP contribution is 2.18. The Morgan fingerprint density at radius 2 is 2.25 bits per heavy atom. The summed E-state index contributed by atoms with van der Waals surface area (Å²) in [6.45, 7) is 0. The number of aliphatic carboxylic acids is 1. The van der Waals surface area contributed by atoms with Gasteiger partial charge in [-0.2, -0.15) is 0 Å². The van der Waals surface area contributed by atoms with Crippen LogP contribution in [0.15, 0.2) is 16.5 Å². The van der Waals surface area contributed by atoms with Gasteiger partial charge >= 0.3 is 5.97 Å². The minimum atomic E-state index is -1.14. The maximum absolute atomic E-state index is 10.3. The van der Waals surface area contributed by atoms with Gasteiger partial charge in [-0.25, -0.2) is 0 Å². The van der Waals surface area contributed by atoms with Crippen LogP contribution in [0.2, 0.25) is 5.22 Å². The van der Waals surface area contributed by atoms with Gasteiger partial charge in [0.2, 0.25) is 0 Å². The molecule has 1 aromatic heterocycles. The van der Waals surface area contributed by atoms with Crippen molar-refractivity contribution in [1.82, 2.24) is 0 Å². The molecule has 1 heterocycles. The normalized spacial score (nSPS) is 11.8. The van der Waals surface area contributed by atoms with Gasteiger partial charge in [0, 0.05) is 0 Å². The number of carboxylic acid groups (broad SMARTS) is 1. The molecule has 0 saturated carbocycles. The number of hydrogen-bond acceptors (Lipinski definition) is 3. The molecule has 0 unspecified atom stereocenters. The lowest BCUT2D eigenvalue weighted by atomic mass is 10.2. The van der Waals surface area contributed by atoms with Gasteiger partial charge in [-0.15, -0.1) is 12.4 Å². The van der Waals surface area contributed by atoms with E-state index in [1.165, 1.54) is 12.1 Å². The third kappa shape index (κ3) is 2.41. The second kappa shape index (κ2) is 4.35. The standard InChI is InChI=1S/C6H6ClNO3.ClH/c7-4-2-1-3(11-4)5(8)6(9)10;/h1-2,5H,8H2,(H,9,10);1H/t5-;/m0./s1. The van der Waals surface area contributed by atoms with Crippen molar-refractivity contribution in [3.8, 4) is 0 Å². The lowest BCUT2D eigenvalue weighted by Crippen LogP contribution is -2.19. The summed E-state index contributed by atoms with van der Waals surface area (Å²) < 4.78 is 4.77. The Balaban J connectivity index is 0.00000121. The molecule has 4 nitrogen and oxygen atoms in total. The Kier molecular flexibility index (Phi) is 4.09. The molecule has 0 aliphatic heterocycles. The van der Waals surface area contributed by atoms with Gasteiger partial charge in [0.05, 0.1) is 0 Å². The van der Waals surface area contributed by atoms with Crippen molar-refractivity contribution >= 4 is 30.0 Å². The van der Waals surface area contributed by atoms with E-state index in [0.29, 0.717) is 0 Å². The van der Waals surface area contributed by atoms with Crippen LogP contribution >= 0.6 is 24.0 Å². The van der Waals surface area contributed by atoms with Crippen LogP contribution in [0.3, 0.4) is 0 Å². The SMILES string of the molecule is Cl.N[C@H](C(=O)O)c1ccc(Cl)o1. The molecular formula is C6H7Cl2NO3. The quantitative estimate of drug-likeness (QED) is 0.777. The number of furan rings is 1. The molecule has 0 fully saturated rings. The zero-order valence-corrected chi connectivity index (χ0v) is 7.43. The summed E-state index contributed by atoms with van der Waals surface area (Å²) in [4.78, 5) is 10.3. The van der Waals surface area contributed by atoms with Crippen molar-refractivity contribution in [2.24, 2.45) is 5.73 Å². The molecule has 0 bridgehead atoms. The number of halogens is 2. The Morgan fingerprint density at radius 3 is 2.58 bits per heavy atom. The summed E-state index contributed by atoms with van der Waals surface area (Å²) >= 11 is 5.39. The number of hydrogen-bond donors (Lipinski definition) is 2. The van der Waals surface area contributed by atoms with E-state index in [0.717, 1.165) is 0 Å². The number of nitrogens with two attached hydrogens (primary N) is 1. The third-order valence-electron chi connectivity index (χ3n) is 1.17. The molecule has 68 valence electrons. The van der Waals surface area contributed by atoms with E-state index in [1.54, 1.807) is 0 Å². The largest absolute Gasteiger partial charge is 0.480 e. The van der Waals surface area contributed by atoms with Crippen LogP contribution in [0.4, 0.5) is 0 Å². The number of carbonyl (C=O) groups is 1. The van der Waals surface area contributed by atoms with Crippen LogP contribution in [-0.4, -0.2) is 11.1 Å². The fourth-order valence-electron chi connectivity index (χ4n) is 0.617. The maximum Gasteiger partial charge on any atom is 0.328 e. The summed E-state index contributed by atoms with van der Waals surface area (Å²) in [6, 6.07) is 1.74. The maximum atomic E-state index is 10.3. The van der Waals surface area contributed by atoms with E-state index >= 15 is 0 Å². The van der Waals surface area contributed by atoms with E-state index in [4.69, 9.17) is 26.9 Å². The first-order chi connectivity index (χ1) is 5.11. The summed E-state index contributed by atoms with van der Waals surface area (Å²) in [5, 5.41) is 8.55. The zero-order chi connectivity index (χ0) is 8.43. The van der Waals surface area contributed by atoms with Crippen LogP contribution in [0.1, 0.15) is 11.8 Å². The number of rotatable bonds is 2. The first-order valence-corrected chi connectivity index (χ1v) is 3.22. The first-order valence-electron chi connectivity index (χ1n) is 2.85. The summed E-state index contributed by atoms with van der Waals surface area (Å²) in [5.74, 6) is -0.987. The molecule has 12 heavy (non-hydrogen) atoms. The second-order valence-electron chi connectivity index (χ2n) is 1.96. The molecule has 0 amide bonds. The predicted octanol–water partition coefficient (Wildman–Crippen LogP) is 1.44. The molecule has 3 N–H and O–H groups in total. The molecule has 6 heteroatoms. The molecule has 0 aliphatic carbocycles. The molecule has 0 saturated heterocycles. The molecule has 1 atom stereocenters. The topological polar surface area (TPSA) is 76.5 Å². The summed E-state index contributed by atoms with van der Waals surface area (Å²) in [7, 11) is 0. The summed E-state index contributed by atoms with van der Waals surface area (Å²) in [6.07, 6.45) is 0. The van der Waals surface area contributed by atoms with Gasteiger partial charge in [-0.1, -0.05) is 0 Å². The zero-order valence-electron chi connectivity index (χ0n) is 5.86. The Morgan fingerprint density at radius 1 is 1.67 bits per heavy atom. The van der Waals surface area contributed by atoms with E-state index in [2.05, 4.69) is 0 Å². The van der Waals surface area contributed by atoms with E-state index in [1.807, 2.05) is 0 Å². The monoisotopic (exact) mass is 211 g/mol. The minimum Gasteiger partial charge on any atom is -0.480 e. The van der Waals surface area contributed by atoms with Crippen molar-refractivity contribution in [1.29, 1.82) is 0 Å². The fourth-order valence-corrected chi connectivity index (χ4v) is 0.769. The average molecular weight is 212 g/mol. The molecule has 0 spiro atoms. The van der Waals surface area contributed by atoms with Gasteiger partial charge in [-0.05, 0) is 23.7 Å². The smallest absolute Gasteiger partial charge is 0.328 e. The Bertz CT molecular complexity index is 274.